The van der Waals surface area contributed by atoms with Gasteiger partial charge in [-0.25, -0.2) is 0 Å². The van der Waals surface area contributed by atoms with Crippen LogP contribution < -0.4 is 0 Å². The summed E-state index contributed by atoms with van der Waals surface area (Å²) in [5, 5.41) is 14.7. The van der Waals surface area contributed by atoms with Crippen LogP contribution in [0.25, 0.3) is 130 Å². The molecule has 0 fully saturated rings. The van der Waals surface area contributed by atoms with Crippen molar-refractivity contribution in [1.82, 2.24) is 0 Å². The molecule has 0 amide bonds. The zero-order valence-corrected chi connectivity index (χ0v) is 33.3. The molecule has 1 nitrogen and oxygen atoms in total. The molecule has 13 aromatic rings. The third kappa shape index (κ3) is 4.74. The maximum Gasteiger partial charge on any atom is 0.143 e. The van der Waals surface area contributed by atoms with E-state index in [1.807, 2.05) is 11.3 Å². The number of para-hydroxylation sites is 1. The molecule has 2 aromatic heterocycles. The Morgan fingerprint density at radius 1 is 0.267 bits per heavy atom. The summed E-state index contributed by atoms with van der Waals surface area (Å²) < 4.78 is 9.75. The Labute approximate surface area is 350 Å². The van der Waals surface area contributed by atoms with Gasteiger partial charge in [0.1, 0.15) is 11.2 Å². The van der Waals surface area contributed by atoms with Crippen molar-refractivity contribution in [3.8, 4) is 44.5 Å². The van der Waals surface area contributed by atoms with Crippen LogP contribution in [0, 0.1) is 0 Å². The van der Waals surface area contributed by atoms with Gasteiger partial charge in [-0.15, -0.1) is 11.3 Å². The first-order chi connectivity index (χ1) is 29.8. The Hall–Kier alpha value is -7.52. The van der Waals surface area contributed by atoms with Crippen molar-refractivity contribution < 1.29 is 4.42 Å². The zero-order chi connectivity index (χ0) is 39.3. The maximum absolute atomic E-state index is 7.13. The van der Waals surface area contributed by atoms with Crippen LogP contribution in [0.1, 0.15) is 0 Å². The van der Waals surface area contributed by atoms with E-state index in [0.29, 0.717) is 0 Å². The summed E-state index contributed by atoms with van der Waals surface area (Å²) in [6, 6.07) is 75.5. The fraction of sp³-hybridized carbons (Fsp3) is 0. The summed E-state index contributed by atoms with van der Waals surface area (Å²) in [6.45, 7) is 0. The molecule has 0 bridgehead atoms. The smallest absolute Gasteiger partial charge is 0.143 e. The highest BCUT2D eigenvalue weighted by molar-refractivity contribution is 7.26. The van der Waals surface area contributed by atoms with Gasteiger partial charge in [-0.3, -0.25) is 0 Å². The van der Waals surface area contributed by atoms with Gasteiger partial charge in [0.2, 0.25) is 0 Å². The van der Waals surface area contributed by atoms with E-state index in [2.05, 4.69) is 206 Å². The van der Waals surface area contributed by atoms with E-state index in [-0.39, 0.29) is 0 Å². The first kappa shape index (κ1) is 33.5. The summed E-state index contributed by atoms with van der Waals surface area (Å²) in [5.74, 6) is 0. The molecule has 0 aliphatic rings. The predicted octanol–water partition coefficient (Wildman–Crippen LogP) is 17.2. The second-order valence-corrected chi connectivity index (χ2v) is 16.9. The predicted molar refractivity (Wildman–Crippen MR) is 258 cm³/mol. The number of fused-ring (bicyclic) bond motifs is 10. The minimum absolute atomic E-state index is 0.886. The van der Waals surface area contributed by atoms with Crippen LogP contribution in [-0.4, -0.2) is 0 Å². The van der Waals surface area contributed by atoms with E-state index < -0.39 is 0 Å². The Morgan fingerprint density at radius 3 is 1.25 bits per heavy atom. The number of hydrogen-bond acceptors (Lipinski definition) is 2. The van der Waals surface area contributed by atoms with E-state index in [0.717, 1.165) is 27.5 Å². The van der Waals surface area contributed by atoms with Crippen LogP contribution in [0.4, 0.5) is 0 Å². The van der Waals surface area contributed by atoms with Gasteiger partial charge >= 0.3 is 0 Å². The van der Waals surface area contributed by atoms with Crippen molar-refractivity contribution >= 4 is 96.5 Å². The van der Waals surface area contributed by atoms with Crippen molar-refractivity contribution in [2.24, 2.45) is 0 Å². The van der Waals surface area contributed by atoms with Crippen molar-refractivity contribution in [3.05, 3.63) is 206 Å². The minimum atomic E-state index is 0.886. The van der Waals surface area contributed by atoms with E-state index >= 15 is 0 Å². The molecule has 2 heteroatoms. The number of furan rings is 1. The summed E-state index contributed by atoms with van der Waals surface area (Å²) in [5.41, 5.74) is 11.5. The fourth-order valence-corrected chi connectivity index (χ4v) is 11.4. The molecule has 0 atom stereocenters. The monoisotopic (exact) mass is 778 g/mol. The van der Waals surface area contributed by atoms with Crippen LogP contribution in [0.3, 0.4) is 0 Å². The van der Waals surface area contributed by atoms with Crippen LogP contribution in [0.15, 0.2) is 211 Å². The van der Waals surface area contributed by atoms with Crippen molar-refractivity contribution in [3.63, 3.8) is 0 Å². The molecule has 0 unspecified atom stereocenters. The summed E-state index contributed by atoms with van der Waals surface area (Å²) in [4.78, 5) is 0. The Kier molecular flexibility index (Phi) is 7.24. The van der Waals surface area contributed by atoms with Crippen LogP contribution in [0.5, 0.6) is 0 Å². The molecule has 11 aromatic carbocycles. The number of rotatable bonds is 4. The summed E-state index contributed by atoms with van der Waals surface area (Å²) in [6.07, 6.45) is 0. The zero-order valence-electron chi connectivity index (χ0n) is 32.4. The second-order valence-electron chi connectivity index (χ2n) is 15.8. The van der Waals surface area contributed by atoms with Crippen molar-refractivity contribution in [2.75, 3.05) is 0 Å². The third-order valence-corrected chi connectivity index (χ3v) is 13.8. The summed E-state index contributed by atoms with van der Waals surface area (Å²) >= 11 is 1.87. The van der Waals surface area contributed by atoms with Gasteiger partial charge in [0.25, 0.3) is 0 Å². The Bertz CT molecular complexity index is 3770. The molecular formula is C58H34OS. The lowest BCUT2D eigenvalue weighted by molar-refractivity contribution is 0.670. The van der Waals surface area contributed by atoms with Crippen LogP contribution in [-0.2, 0) is 0 Å². The largest absolute Gasteiger partial charge is 0.455 e. The molecule has 13 rings (SSSR count). The van der Waals surface area contributed by atoms with Gasteiger partial charge in [-0.1, -0.05) is 188 Å². The van der Waals surface area contributed by atoms with Gasteiger partial charge in [0, 0.05) is 42.1 Å². The minimum Gasteiger partial charge on any atom is -0.455 e. The van der Waals surface area contributed by atoms with Gasteiger partial charge < -0.3 is 4.42 Å². The topological polar surface area (TPSA) is 13.1 Å². The molecule has 0 saturated carbocycles. The van der Waals surface area contributed by atoms with Crippen LogP contribution >= 0.6 is 11.3 Å². The van der Waals surface area contributed by atoms with Gasteiger partial charge in [-0.05, 0) is 94.7 Å². The number of benzene rings is 11. The average molecular weight is 779 g/mol. The maximum atomic E-state index is 7.13. The van der Waals surface area contributed by atoms with Gasteiger partial charge in [0.05, 0.1) is 0 Å². The molecular weight excluding hydrogens is 745 g/mol. The first-order valence-corrected chi connectivity index (χ1v) is 21.4. The fourth-order valence-electron chi connectivity index (χ4n) is 10.3. The second kappa shape index (κ2) is 13.0. The molecule has 0 radical (unpaired) electrons. The molecule has 60 heavy (non-hydrogen) atoms. The molecule has 0 N–H and O–H groups in total. The van der Waals surface area contributed by atoms with E-state index in [1.165, 1.54) is 102 Å². The quantitative estimate of drug-likeness (QED) is 0.162. The SMILES string of the molecule is c1ccc(-c2c3ccccc3c(-c3cccc4oc5c(-c6c7ccccc7c(-c7cccc8sc9ccccc9c78)c7ccccc67)cccc5c34)c3ccccc23)cc1. The lowest BCUT2D eigenvalue weighted by Gasteiger charge is -2.18. The molecule has 0 saturated heterocycles. The normalized spacial score (nSPS) is 12.0. The molecule has 0 aliphatic carbocycles. The first-order valence-electron chi connectivity index (χ1n) is 20.6. The Morgan fingerprint density at radius 2 is 0.667 bits per heavy atom. The number of thiophene rings is 1. The van der Waals surface area contributed by atoms with E-state index in [4.69, 9.17) is 4.42 Å². The van der Waals surface area contributed by atoms with Crippen LogP contribution in [0.2, 0.25) is 0 Å². The van der Waals surface area contributed by atoms with E-state index in [1.54, 1.807) is 0 Å². The van der Waals surface area contributed by atoms with Crippen molar-refractivity contribution in [1.29, 1.82) is 0 Å². The highest BCUT2D eigenvalue weighted by Crippen LogP contribution is 2.51. The summed E-state index contributed by atoms with van der Waals surface area (Å²) in [7, 11) is 0. The lowest BCUT2D eigenvalue weighted by atomic mass is 9.84. The van der Waals surface area contributed by atoms with Gasteiger partial charge in [0.15, 0.2) is 0 Å². The molecule has 0 aliphatic heterocycles. The molecule has 0 spiro atoms. The molecule has 2 heterocycles. The third-order valence-electron chi connectivity index (χ3n) is 12.7. The lowest BCUT2D eigenvalue weighted by Crippen LogP contribution is -1.92. The molecule has 278 valence electrons. The standard InChI is InChI=1S/C58H34OS/c1-2-17-35(18-3-1)52-36-19-4-6-21-38(36)53(39-22-7-5-20-37(39)52)45-28-15-32-49-56(45)48-31-14-30-47(58(48)59-49)55-42-25-10-8-23-40(42)54(41-24-9-11-26-43(41)55)46-29-16-34-51-57(46)44-27-12-13-33-50(44)60-51/h1-34H. The average Bonchev–Trinajstić information content (AvgIpc) is 3.90. The highest BCUT2D eigenvalue weighted by atomic mass is 32.1. The Balaban J connectivity index is 1.11. The van der Waals surface area contributed by atoms with Gasteiger partial charge in [-0.2, -0.15) is 0 Å². The highest BCUT2D eigenvalue weighted by Gasteiger charge is 2.24. The number of hydrogen-bond donors (Lipinski definition) is 0. The van der Waals surface area contributed by atoms with E-state index in [9.17, 15) is 0 Å². The van der Waals surface area contributed by atoms with Crippen molar-refractivity contribution in [2.45, 2.75) is 0 Å².